The maximum absolute atomic E-state index is 12.1. The fourth-order valence-electron chi connectivity index (χ4n) is 1.69. The van der Waals surface area contributed by atoms with Crippen LogP contribution in [0.3, 0.4) is 0 Å². The molecule has 0 aliphatic rings. The number of carbonyl (C=O) groups excluding carboxylic acids is 1. The fraction of sp³-hybridized carbons (Fsp3) is 0.500. The van der Waals surface area contributed by atoms with Gasteiger partial charge < -0.3 is 10.7 Å². The predicted octanol–water partition coefficient (Wildman–Crippen LogP) is 1.53. The van der Waals surface area contributed by atoms with Crippen molar-refractivity contribution in [2.75, 3.05) is 5.43 Å². The second-order valence-corrected chi connectivity index (χ2v) is 4.30. The van der Waals surface area contributed by atoms with Crippen molar-refractivity contribution in [1.82, 2.24) is 10.3 Å². The molecule has 1 aromatic heterocycles. The average Bonchev–Trinajstić information content (AvgIpc) is 2.35. The van der Waals surface area contributed by atoms with Crippen LogP contribution in [0.4, 0.5) is 5.69 Å². The Hall–Kier alpha value is -1.62. The summed E-state index contributed by atoms with van der Waals surface area (Å²) in [6.45, 7) is 6.22. The monoisotopic (exact) mass is 236 g/mol. The first-order chi connectivity index (χ1) is 8.10. The van der Waals surface area contributed by atoms with E-state index in [0.717, 1.165) is 6.42 Å². The van der Waals surface area contributed by atoms with Gasteiger partial charge in [-0.2, -0.15) is 0 Å². The maximum Gasteiger partial charge on any atom is 0.255 e. The minimum absolute atomic E-state index is 0.147. The Kier molecular flexibility index (Phi) is 4.90. The molecule has 1 heterocycles. The molecule has 1 unspecified atom stereocenters. The SMILES string of the molecule is CCC(NC(=O)c1cnccc1NN)C(C)C. The van der Waals surface area contributed by atoms with Crippen LogP contribution in [0.5, 0.6) is 0 Å². The Morgan fingerprint density at radius 2 is 2.24 bits per heavy atom. The van der Waals surface area contributed by atoms with E-state index in [9.17, 15) is 4.79 Å². The molecule has 0 saturated carbocycles. The van der Waals surface area contributed by atoms with Crippen molar-refractivity contribution < 1.29 is 4.79 Å². The van der Waals surface area contributed by atoms with Crippen LogP contribution < -0.4 is 16.6 Å². The molecule has 0 radical (unpaired) electrons. The van der Waals surface area contributed by atoms with E-state index in [1.165, 1.54) is 6.20 Å². The first-order valence-electron chi connectivity index (χ1n) is 5.81. The number of aromatic nitrogens is 1. The van der Waals surface area contributed by atoms with Crippen molar-refractivity contribution in [2.45, 2.75) is 33.2 Å². The van der Waals surface area contributed by atoms with E-state index in [2.05, 4.69) is 36.5 Å². The molecular weight excluding hydrogens is 216 g/mol. The Balaban J connectivity index is 2.82. The van der Waals surface area contributed by atoms with E-state index < -0.39 is 0 Å². The number of hydrazine groups is 1. The van der Waals surface area contributed by atoms with Crippen LogP contribution in [-0.4, -0.2) is 16.9 Å². The van der Waals surface area contributed by atoms with E-state index >= 15 is 0 Å². The summed E-state index contributed by atoms with van der Waals surface area (Å²) in [6.07, 6.45) is 4.00. The summed E-state index contributed by atoms with van der Waals surface area (Å²) in [5.41, 5.74) is 3.54. The third-order valence-electron chi connectivity index (χ3n) is 2.78. The highest BCUT2D eigenvalue weighted by Gasteiger charge is 2.17. The number of rotatable bonds is 5. The van der Waals surface area contributed by atoms with Gasteiger partial charge in [0.2, 0.25) is 0 Å². The lowest BCUT2D eigenvalue weighted by atomic mass is 10.0. The Labute approximate surface area is 102 Å². The fourth-order valence-corrected chi connectivity index (χ4v) is 1.69. The predicted molar refractivity (Wildman–Crippen MR) is 68.4 cm³/mol. The molecule has 0 aliphatic carbocycles. The molecule has 17 heavy (non-hydrogen) atoms. The van der Waals surface area contributed by atoms with Gasteiger partial charge in [0.25, 0.3) is 5.91 Å². The lowest BCUT2D eigenvalue weighted by Crippen LogP contribution is -2.38. The van der Waals surface area contributed by atoms with Crippen LogP contribution in [0.25, 0.3) is 0 Å². The zero-order valence-electron chi connectivity index (χ0n) is 10.5. The van der Waals surface area contributed by atoms with Crippen molar-refractivity contribution in [2.24, 2.45) is 11.8 Å². The third kappa shape index (κ3) is 3.42. The molecular formula is C12H20N4O. The van der Waals surface area contributed by atoms with Crippen LogP contribution in [0.15, 0.2) is 18.5 Å². The zero-order chi connectivity index (χ0) is 12.8. The second-order valence-electron chi connectivity index (χ2n) is 4.30. The maximum atomic E-state index is 12.1. The van der Waals surface area contributed by atoms with Gasteiger partial charge in [-0.25, -0.2) is 0 Å². The summed E-state index contributed by atoms with van der Waals surface area (Å²) in [6, 6.07) is 1.83. The van der Waals surface area contributed by atoms with Crippen molar-refractivity contribution in [3.63, 3.8) is 0 Å². The summed E-state index contributed by atoms with van der Waals surface area (Å²) in [5.74, 6) is 5.61. The van der Waals surface area contributed by atoms with Crippen molar-refractivity contribution in [3.8, 4) is 0 Å². The number of carbonyl (C=O) groups is 1. The van der Waals surface area contributed by atoms with Crippen LogP contribution in [0.1, 0.15) is 37.6 Å². The number of nitrogens with one attached hydrogen (secondary N) is 2. The molecule has 1 rings (SSSR count). The van der Waals surface area contributed by atoms with Crippen LogP contribution in [0, 0.1) is 5.92 Å². The lowest BCUT2D eigenvalue weighted by molar-refractivity contribution is 0.0925. The minimum Gasteiger partial charge on any atom is -0.349 e. The Bertz CT molecular complexity index is 379. The number of amides is 1. The average molecular weight is 236 g/mol. The van der Waals surface area contributed by atoms with Gasteiger partial charge in [-0.05, 0) is 18.4 Å². The van der Waals surface area contributed by atoms with Crippen molar-refractivity contribution in [1.29, 1.82) is 0 Å². The highest BCUT2D eigenvalue weighted by Crippen LogP contribution is 2.13. The van der Waals surface area contributed by atoms with Gasteiger partial charge in [0.05, 0.1) is 11.3 Å². The largest absolute Gasteiger partial charge is 0.349 e. The smallest absolute Gasteiger partial charge is 0.255 e. The van der Waals surface area contributed by atoms with Gasteiger partial charge in [0.1, 0.15) is 0 Å². The van der Waals surface area contributed by atoms with Crippen LogP contribution in [-0.2, 0) is 0 Å². The van der Waals surface area contributed by atoms with Crippen LogP contribution in [0.2, 0.25) is 0 Å². The summed E-state index contributed by atoms with van der Waals surface area (Å²) in [4.78, 5) is 16.0. The van der Waals surface area contributed by atoms with Gasteiger partial charge in [0.15, 0.2) is 0 Å². The van der Waals surface area contributed by atoms with Gasteiger partial charge in [-0.15, -0.1) is 0 Å². The van der Waals surface area contributed by atoms with E-state index in [1.54, 1.807) is 12.3 Å². The standard InChI is InChI=1S/C12H20N4O/c1-4-10(8(2)3)15-12(17)9-7-14-6-5-11(9)16-13/h5-8,10H,4,13H2,1-3H3,(H,14,16)(H,15,17). The number of hydrogen-bond acceptors (Lipinski definition) is 4. The molecule has 5 heteroatoms. The number of anilines is 1. The topological polar surface area (TPSA) is 80.0 Å². The quantitative estimate of drug-likeness (QED) is 0.535. The van der Waals surface area contributed by atoms with Gasteiger partial charge in [-0.1, -0.05) is 20.8 Å². The third-order valence-corrected chi connectivity index (χ3v) is 2.78. The number of pyridine rings is 1. The van der Waals surface area contributed by atoms with Crippen molar-refractivity contribution in [3.05, 3.63) is 24.0 Å². The molecule has 0 spiro atoms. The molecule has 4 N–H and O–H groups in total. The Morgan fingerprint density at radius 1 is 1.53 bits per heavy atom. The zero-order valence-corrected chi connectivity index (χ0v) is 10.5. The number of nitrogen functional groups attached to an aromatic ring is 1. The highest BCUT2D eigenvalue weighted by atomic mass is 16.1. The molecule has 1 amide bonds. The second kappa shape index (κ2) is 6.20. The van der Waals surface area contributed by atoms with Gasteiger partial charge in [0, 0.05) is 18.4 Å². The van der Waals surface area contributed by atoms with Crippen LogP contribution >= 0.6 is 0 Å². The summed E-state index contributed by atoms with van der Waals surface area (Å²) in [5, 5.41) is 2.98. The number of nitrogens with zero attached hydrogens (tertiary/aromatic N) is 1. The molecule has 94 valence electrons. The van der Waals surface area contributed by atoms with E-state index in [-0.39, 0.29) is 11.9 Å². The lowest BCUT2D eigenvalue weighted by Gasteiger charge is -2.21. The highest BCUT2D eigenvalue weighted by molar-refractivity contribution is 5.99. The molecule has 0 aliphatic heterocycles. The molecule has 1 atom stereocenters. The molecule has 0 saturated heterocycles. The molecule has 5 nitrogen and oxygen atoms in total. The summed E-state index contributed by atoms with van der Waals surface area (Å²) in [7, 11) is 0. The van der Waals surface area contributed by atoms with Gasteiger partial charge >= 0.3 is 0 Å². The molecule has 0 bridgehead atoms. The first-order valence-corrected chi connectivity index (χ1v) is 5.81. The minimum atomic E-state index is -0.147. The van der Waals surface area contributed by atoms with E-state index in [4.69, 9.17) is 5.84 Å². The van der Waals surface area contributed by atoms with E-state index in [0.29, 0.717) is 17.2 Å². The molecule has 0 aromatic carbocycles. The molecule has 1 aromatic rings. The number of hydrogen-bond donors (Lipinski definition) is 3. The first kappa shape index (κ1) is 13.4. The summed E-state index contributed by atoms with van der Waals surface area (Å²) < 4.78 is 0. The molecule has 0 fully saturated rings. The normalized spacial score (nSPS) is 12.3. The van der Waals surface area contributed by atoms with E-state index in [1.807, 2.05) is 0 Å². The van der Waals surface area contributed by atoms with Crippen molar-refractivity contribution >= 4 is 11.6 Å². The number of nitrogens with two attached hydrogens (primary N) is 1. The van der Waals surface area contributed by atoms with Gasteiger partial charge in [-0.3, -0.25) is 15.6 Å². The Morgan fingerprint density at radius 3 is 2.76 bits per heavy atom. The summed E-state index contributed by atoms with van der Waals surface area (Å²) >= 11 is 0.